The van der Waals surface area contributed by atoms with Gasteiger partial charge in [0.15, 0.2) is 5.13 Å². The molecule has 5 aromatic heterocycles. The van der Waals surface area contributed by atoms with Crippen LogP contribution in [0.2, 0.25) is 0 Å². The summed E-state index contributed by atoms with van der Waals surface area (Å²) in [4.78, 5) is 17.5. The van der Waals surface area contributed by atoms with Crippen molar-refractivity contribution in [1.29, 1.82) is 0 Å². The molecule has 6 aromatic rings. The van der Waals surface area contributed by atoms with Crippen molar-refractivity contribution in [3.8, 4) is 33.2 Å². The third kappa shape index (κ3) is 2.69. The van der Waals surface area contributed by atoms with Crippen molar-refractivity contribution < 1.29 is 4.39 Å². The van der Waals surface area contributed by atoms with Crippen LogP contribution in [0.15, 0.2) is 67.1 Å². The second-order valence-corrected chi connectivity index (χ2v) is 7.84. The third-order valence-corrected chi connectivity index (χ3v) is 5.90. The number of hydrogen-bond donors (Lipinski definition) is 2. The van der Waals surface area contributed by atoms with Gasteiger partial charge in [-0.05, 0) is 36.4 Å². The molecule has 0 saturated heterocycles. The van der Waals surface area contributed by atoms with Crippen LogP contribution in [0.4, 0.5) is 4.39 Å². The van der Waals surface area contributed by atoms with E-state index in [0.717, 1.165) is 60.8 Å². The van der Waals surface area contributed by atoms with Gasteiger partial charge in [0.2, 0.25) is 0 Å². The molecule has 0 fully saturated rings. The van der Waals surface area contributed by atoms with Crippen LogP contribution in [0, 0.1) is 5.13 Å². The second kappa shape index (κ2) is 6.57. The monoisotopic (exact) mass is 412 g/mol. The average molecular weight is 412 g/mol. The first kappa shape index (κ1) is 17.0. The van der Waals surface area contributed by atoms with Crippen molar-refractivity contribution in [1.82, 2.24) is 30.1 Å². The lowest BCUT2D eigenvalue weighted by Crippen LogP contribution is -1.89. The van der Waals surface area contributed by atoms with Crippen LogP contribution in [0.3, 0.4) is 0 Å². The molecule has 144 valence electrons. The number of thiophene rings is 1. The van der Waals surface area contributed by atoms with Crippen LogP contribution in [-0.4, -0.2) is 30.1 Å². The lowest BCUT2D eigenvalue weighted by Gasteiger charge is -1.99. The van der Waals surface area contributed by atoms with E-state index in [0.29, 0.717) is 5.69 Å². The largest absolute Gasteiger partial charge is 0.353 e. The van der Waals surface area contributed by atoms with E-state index in [2.05, 4.69) is 25.1 Å². The molecule has 0 aliphatic rings. The Balaban J connectivity index is 1.52. The van der Waals surface area contributed by atoms with Crippen LogP contribution in [0.25, 0.3) is 55.2 Å². The van der Waals surface area contributed by atoms with Crippen molar-refractivity contribution in [2.45, 2.75) is 0 Å². The number of benzene rings is 1. The molecule has 2 N–H and O–H groups in total. The fraction of sp³-hybridized carbons (Fsp3) is 0. The minimum Gasteiger partial charge on any atom is -0.353 e. The number of fused-ring (bicyclic) bond motifs is 2. The molecule has 6 rings (SSSR count). The smallest absolute Gasteiger partial charge is 0.176 e. The van der Waals surface area contributed by atoms with Gasteiger partial charge in [-0.2, -0.15) is 9.49 Å². The number of halogens is 1. The van der Waals surface area contributed by atoms with Gasteiger partial charge in [0.25, 0.3) is 0 Å². The van der Waals surface area contributed by atoms with Gasteiger partial charge in [0.05, 0.1) is 23.1 Å². The molecule has 8 heteroatoms. The quantitative estimate of drug-likeness (QED) is 0.406. The van der Waals surface area contributed by atoms with Crippen molar-refractivity contribution in [3.63, 3.8) is 0 Å². The molecule has 30 heavy (non-hydrogen) atoms. The van der Waals surface area contributed by atoms with Crippen molar-refractivity contribution >= 4 is 33.3 Å². The zero-order chi connectivity index (χ0) is 20.1. The van der Waals surface area contributed by atoms with Gasteiger partial charge >= 0.3 is 0 Å². The van der Waals surface area contributed by atoms with Gasteiger partial charge in [-0.1, -0.05) is 12.1 Å². The zero-order valence-corrected chi connectivity index (χ0v) is 16.2. The van der Waals surface area contributed by atoms with Gasteiger partial charge in [0, 0.05) is 33.7 Å². The van der Waals surface area contributed by atoms with E-state index in [1.54, 1.807) is 24.7 Å². The average Bonchev–Trinajstić information content (AvgIpc) is 3.51. The third-order valence-electron chi connectivity index (χ3n) is 4.99. The SMILES string of the molecule is Fc1ccc(-c2cccc3[nH]c(-c4n[nH]c5ccc(-c6cnccn6)nc45)cc23)s1. The van der Waals surface area contributed by atoms with Crippen LogP contribution in [0.5, 0.6) is 0 Å². The van der Waals surface area contributed by atoms with Gasteiger partial charge in [-0.25, -0.2) is 4.98 Å². The van der Waals surface area contributed by atoms with Gasteiger partial charge in [-0.15, -0.1) is 11.3 Å². The summed E-state index contributed by atoms with van der Waals surface area (Å²) < 4.78 is 13.6. The number of aromatic amines is 2. The molecule has 0 unspecified atom stereocenters. The summed E-state index contributed by atoms with van der Waals surface area (Å²) in [6.07, 6.45) is 4.96. The van der Waals surface area contributed by atoms with Crippen LogP contribution in [-0.2, 0) is 0 Å². The van der Waals surface area contributed by atoms with Crippen LogP contribution < -0.4 is 0 Å². The van der Waals surface area contributed by atoms with Gasteiger partial charge < -0.3 is 4.98 Å². The maximum Gasteiger partial charge on any atom is 0.176 e. The van der Waals surface area contributed by atoms with Crippen molar-refractivity contribution in [2.75, 3.05) is 0 Å². The number of rotatable bonds is 3. The molecular weight excluding hydrogens is 399 g/mol. The molecule has 0 spiro atoms. The number of hydrogen-bond acceptors (Lipinski definition) is 5. The summed E-state index contributed by atoms with van der Waals surface area (Å²) in [5, 5.41) is 8.35. The highest BCUT2D eigenvalue weighted by atomic mass is 32.1. The highest BCUT2D eigenvalue weighted by Gasteiger charge is 2.16. The van der Waals surface area contributed by atoms with Crippen molar-refractivity contribution in [2.24, 2.45) is 0 Å². The Hall–Kier alpha value is -3.91. The highest BCUT2D eigenvalue weighted by Crippen LogP contribution is 2.36. The molecule has 0 aliphatic carbocycles. The van der Waals surface area contributed by atoms with E-state index in [9.17, 15) is 4.39 Å². The fourth-order valence-electron chi connectivity index (χ4n) is 3.62. The van der Waals surface area contributed by atoms with Gasteiger partial charge in [0.1, 0.15) is 16.9 Å². The Morgan fingerprint density at radius 3 is 2.73 bits per heavy atom. The summed E-state index contributed by atoms with van der Waals surface area (Å²) in [7, 11) is 0. The summed E-state index contributed by atoms with van der Waals surface area (Å²) in [5.41, 5.74) is 6.49. The molecule has 5 heterocycles. The van der Waals surface area contributed by atoms with E-state index in [1.165, 1.54) is 6.07 Å². The number of nitrogens with one attached hydrogen (secondary N) is 2. The summed E-state index contributed by atoms with van der Waals surface area (Å²) in [5.74, 6) is 0. The number of pyridine rings is 1. The Bertz CT molecular complexity index is 1520. The maximum atomic E-state index is 13.6. The molecule has 0 bridgehead atoms. The lowest BCUT2D eigenvalue weighted by atomic mass is 10.1. The predicted octanol–water partition coefficient (Wildman–Crippen LogP) is 5.43. The Labute approximate surface area is 173 Å². The van der Waals surface area contributed by atoms with E-state index in [-0.39, 0.29) is 5.13 Å². The Morgan fingerprint density at radius 1 is 0.933 bits per heavy atom. The molecule has 0 saturated carbocycles. The molecule has 0 radical (unpaired) electrons. The Morgan fingerprint density at radius 2 is 1.90 bits per heavy atom. The minimum absolute atomic E-state index is 0.197. The first-order chi connectivity index (χ1) is 14.8. The van der Waals surface area contributed by atoms with Crippen LogP contribution >= 0.6 is 11.3 Å². The van der Waals surface area contributed by atoms with Crippen molar-refractivity contribution in [3.05, 3.63) is 72.3 Å². The molecule has 0 atom stereocenters. The van der Waals surface area contributed by atoms with E-state index in [1.807, 2.05) is 36.4 Å². The second-order valence-electron chi connectivity index (χ2n) is 6.81. The summed E-state index contributed by atoms with van der Waals surface area (Å²) in [6, 6.07) is 15.1. The molecule has 0 amide bonds. The number of aromatic nitrogens is 6. The number of H-pyrrole nitrogens is 2. The van der Waals surface area contributed by atoms with Gasteiger partial charge in [-0.3, -0.25) is 15.1 Å². The fourth-order valence-corrected chi connectivity index (χ4v) is 4.39. The summed E-state index contributed by atoms with van der Waals surface area (Å²) >= 11 is 1.14. The van der Waals surface area contributed by atoms with Crippen LogP contribution in [0.1, 0.15) is 0 Å². The predicted molar refractivity (Wildman–Crippen MR) is 115 cm³/mol. The molecule has 6 nitrogen and oxygen atoms in total. The molecule has 1 aromatic carbocycles. The van der Waals surface area contributed by atoms with E-state index >= 15 is 0 Å². The van der Waals surface area contributed by atoms with E-state index in [4.69, 9.17) is 4.98 Å². The minimum atomic E-state index is -0.197. The zero-order valence-electron chi connectivity index (χ0n) is 15.4. The Kier molecular flexibility index (Phi) is 3.72. The molecule has 0 aliphatic heterocycles. The topological polar surface area (TPSA) is 83.1 Å². The molecular formula is C22H13FN6S. The standard InChI is InChI=1S/C22H13FN6S/c23-20-7-6-19(30-20)12-2-1-3-14-13(12)10-17(26-14)22-21-16(28-29-22)5-4-15(27-21)18-11-24-8-9-25-18/h1-11,26H,(H,28,29). The first-order valence-electron chi connectivity index (χ1n) is 9.25. The lowest BCUT2D eigenvalue weighted by molar-refractivity contribution is 0.657. The first-order valence-corrected chi connectivity index (χ1v) is 10.1. The maximum absolute atomic E-state index is 13.6. The highest BCUT2D eigenvalue weighted by molar-refractivity contribution is 7.14. The number of nitrogens with zero attached hydrogens (tertiary/aromatic N) is 4. The normalized spacial score (nSPS) is 11.5. The summed E-state index contributed by atoms with van der Waals surface area (Å²) in [6.45, 7) is 0. The van der Waals surface area contributed by atoms with E-state index < -0.39 is 0 Å².